The van der Waals surface area contributed by atoms with Crippen molar-refractivity contribution >= 4 is 11.8 Å². The van der Waals surface area contributed by atoms with Gasteiger partial charge in [-0.15, -0.1) is 0 Å². The van der Waals surface area contributed by atoms with Crippen LogP contribution in [0, 0.1) is 0 Å². The Morgan fingerprint density at radius 3 is 2.48 bits per heavy atom. The van der Waals surface area contributed by atoms with Crippen molar-refractivity contribution in [3.63, 3.8) is 0 Å². The molecule has 1 atom stereocenters. The second kappa shape index (κ2) is 12.4. The molecule has 7 nitrogen and oxygen atoms in total. The predicted molar refractivity (Wildman–Crippen MR) is 108 cm³/mol. The molecule has 0 aromatic heterocycles. The Balaban J connectivity index is 1.88. The highest BCUT2D eigenvalue weighted by Crippen LogP contribution is 2.28. The van der Waals surface area contributed by atoms with E-state index < -0.39 is 6.10 Å². The number of thioether (sulfide) groups is 1. The van der Waals surface area contributed by atoms with Crippen LogP contribution in [-0.2, 0) is 6.54 Å². The lowest BCUT2D eigenvalue weighted by molar-refractivity contribution is 0.0704. The summed E-state index contributed by atoms with van der Waals surface area (Å²) in [5.74, 6) is 3.45. The lowest BCUT2D eigenvalue weighted by Crippen LogP contribution is -2.40. The van der Waals surface area contributed by atoms with E-state index >= 15 is 0 Å². The van der Waals surface area contributed by atoms with E-state index in [1.165, 1.54) is 0 Å². The van der Waals surface area contributed by atoms with Crippen molar-refractivity contribution in [2.75, 3.05) is 71.2 Å². The molecule has 8 heteroatoms. The molecule has 154 valence electrons. The Hall–Kier alpha value is -1.03. The first kappa shape index (κ1) is 22.3. The largest absolute Gasteiger partial charge is 0.493 e. The first-order chi connectivity index (χ1) is 13.2. The average molecular weight is 401 g/mol. The van der Waals surface area contributed by atoms with E-state index in [2.05, 4.69) is 4.90 Å². The van der Waals surface area contributed by atoms with E-state index in [1.807, 2.05) is 34.9 Å². The molecule has 0 amide bonds. The Morgan fingerprint density at radius 2 is 1.85 bits per heavy atom. The van der Waals surface area contributed by atoms with E-state index in [0.29, 0.717) is 37.7 Å². The number of β-amino-alcohol motifs (C(OH)–C–C–N with tert-alkyl or cyclic N) is 1. The van der Waals surface area contributed by atoms with Crippen molar-refractivity contribution in [3.8, 4) is 11.5 Å². The molecule has 0 bridgehead atoms. The summed E-state index contributed by atoms with van der Waals surface area (Å²) < 4.78 is 11.2. The van der Waals surface area contributed by atoms with E-state index in [9.17, 15) is 5.11 Å². The van der Waals surface area contributed by atoms with Crippen LogP contribution in [0.4, 0.5) is 0 Å². The average Bonchev–Trinajstić information content (AvgIpc) is 2.68. The Kier molecular flexibility index (Phi) is 10.3. The van der Waals surface area contributed by atoms with Crippen LogP contribution in [0.15, 0.2) is 18.2 Å². The van der Waals surface area contributed by atoms with E-state index in [4.69, 9.17) is 19.7 Å². The molecule has 1 aliphatic rings. The Morgan fingerprint density at radius 1 is 1.15 bits per heavy atom. The molecule has 1 aromatic rings. The summed E-state index contributed by atoms with van der Waals surface area (Å²) in [4.78, 5) is 4.23. The minimum Gasteiger partial charge on any atom is -0.493 e. The third-order valence-electron chi connectivity index (χ3n) is 4.47. The highest BCUT2D eigenvalue weighted by Gasteiger charge is 2.16. The minimum absolute atomic E-state index is 0.0475. The molecule has 3 N–H and O–H groups in total. The number of aliphatic hydroxyl groups excluding tert-OH is 3. The summed E-state index contributed by atoms with van der Waals surface area (Å²) in [6, 6.07) is 5.67. The van der Waals surface area contributed by atoms with Gasteiger partial charge in [0.2, 0.25) is 0 Å². The molecule has 1 saturated heterocycles. The number of methoxy groups -OCH3 is 1. The third-order valence-corrected chi connectivity index (χ3v) is 5.41. The van der Waals surface area contributed by atoms with Crippen molar-refractivity contribution in [1.82, 2.24) is 9.80 Å². The molecule has 27 heavy (non-hydrogen) atoms. The molecule has 0 saturated carbocycles. The van der Waals surface area contributed by atoms with Gasteiger partial charge in [0.25, 0.3) is 0 Å². The maximum Gasteiger partial charge on any atom is 0.161 e. The quantitative estimate of drug-likeness (QED) is 0.461. The van der Waals surface area contributed by atoms with Gasteiger partial charge in [-0.1, -0.05) is 6.07 Å². The fraction of sp³-hybridized carbons (Fsp3) is 0.684. The third kappa shape index (κ3) is 7.85. The van der Waals surface area contributed by atoms with Crippen LogP contribution in [0.1, 0.15) is 5.56 Å². The van der Waals surface area contributed by atoms with Gasteiger partial charge in [0.05, 0.1) is 20.3 Å². The molecule has 0 radical (unpaired) electrons. The standard InChI is InChI=1S/C19H32N2O5S/c1-25-19-12-16(13-20(4-8-22)5-9-23)2-3-18(19)26-15-17(24)14-21-6-10-27-11-7-21/h2-3,12,17,22-24H,4-11,13-15H2,1H3. The van der Waals surface area contributed by atoms with Gasteiger partial charge in [0, 0.05) is 50.8 Å². The zero-order valence-electron chi connectivity index (χ0n) is 16.0. The van der Waals surface area contributed by atoms with Crippen molar-refractivity contribution in [2.24, 2.45) is 0 Å². The maximum atomic E-state index is 10.2. The van der Waals surface area contributed by atoms with Gasteiger partial charge in [0.1, 0.15) is 12.7 Å². The van der Waals surface area contributed by atoms with Gasteiger partial charge in [-0.2, -0.15) is 11.8 Å². The highest BCUT2D eigenvalue weighted by molar-refractivity contribution is 7.99. The van der Waals surface area contributed by atoms with Crippen LogP contribution in [-0.4, -0.2) is 102 Å². The molecule has 2 rings (SSSR count). The van der Waals surface area contributed by atoms with E-state index in [-0.39, 0.29) is 19.8 Å². The number of nitrogens with zero attached hydrogens (tertiary/aromatic N) is 2. The maximum absolute atomic E-state index is 10.2. The zero-order chi connectivity index (χ0) is 19.5. The first-order valence-electron chi connectivity index (χ1n) is 9.38. The van der Waals surface area contributed by atoms with Gasteiger partial charge in [0.15, 0.2) is 11.5 Å². The SMILES string of the molecule is COc1cc(CN(CCO)CCO)ccc1OCC(O)CN1CCSCC1. The fourth-order valence-corrected chi connectivity index (χ4v) is 4.04. The molecule has 1 aliphatic heterocycles. The number of hydrogen-bond acceptors (Lipinski definition) is 8. The Bertz CT molecular complexity index is 537. The monoisotopic (exact) mass is 400 g/mol. The first-order valence-corrected chi connectivity index (χ1v) is 10.5. The number of rotatable bonds is 12. The normalized spacial score (nSPS) is 16.5. The summed E-state index contributed by atoms with van der Waals surface area (Å²) >= 11 is 1.95. The molecule has 0 spiro atoms. The van der Waals surface area contributed by atoms with Crippen LogP contribution in [0.2, 0.25) is 0 Å². The molecular weight excluding hydrogens is 368 g/mol. The second-order valence-electron chi connectivity index (χ2n) is 6.59. The summed E-state index contributed by atoms with van der Waals surface area (Å²) in [7, 11) is 1.59. The van der Waals surface area contributed by atoms with E-state index in [1.54, 1.807) is 7.11 Å². The minimum atomic E-state index is -0.540. The molecule has 0 aliphatic carbocycles. The summed E-state index contributed by atoms with van der Waals surface area (Å²) in [5, 5.41) is 28.5. The Labute approximate surface area is 165 Å². The predicted octanol–water partition coefficient (Wildman–Crippen LogP) is 0.270. The number of benzene rings is 1. The van der Waals surface area contributed by atoms with Crippen molar-refractivity contribution in [1.29, 1.82) is 0 Å². The molecule has 1 heterocycles. The molecular formula is C19H32N2O5S. The van der Waals surface area contributed by atoms with Crippen LogP contribution in [0.3, 0.4) is 0 Å². The van der Waals surface area contributed by atoms with Gasteiger partial charge in [-0.3, -0.25) is 9.80 Å². The number of hydrogen-bond donors (Lipinski definition) is 3. The number of aliphatic hydroxyl groups is 3. The smallest absolute Gasteiger partial charge is 0.161 e. The zero-order valence-corrected chi connectivity index (χ0v) is 16.9. The van der Waals surface area contributed by atoms with E-state index in [0.717, 1.165) is 30.2 Å². The van der Waals surface area contributed by atoms with Crippen LogP contribution in [0.5, 0.6) is 11.5 Å². The van der Waals surface area contributed by atoms with Crippen molar-refractivity contribution in [2.45, 2.75) is 12.6 Å². The van der Waals surface area contributed by atoms with Crippen LogP contribution >= 0.6 is 11.8 Å². The fourth-order valence-electron chi connectivity index (χ4n) is 3.06. The van der Waals surface area contributed by atoms with Gasteiger partial charge in [-0.25, -0.2) is 0 Å². The summed E-state index contributed by atoms with van der Waals surface area (Å²) in [6.45, 7) is 4.57. The summed E-state index contributed by atoms with van der Waals surface area (Å²) in [5.41, 5.74) is 1.01. The highest BCUT2D eigenvalue weighted by atomic mass is 32.2. The van der Waals surface area contributed by atoms with Gasteiger partial charge in [-0.05, 0) is 17.7 Å². The summed E-state index contributed by atoms with van der Waals surface area (Å²) in [6.07, 6.45) is -0.540. The van der Waals surface area contributed by atoms with Crippen molar-refractivity contribution < 1.29 is 24.8 Å². The van der Waals surface area contributed by atoms with Gasteiger partial charge < -0.3 is 24.8 Å². The lowest BCUT2D eigenvalue weighted by atomic mass is 10.2. The van der Waals surface area contributed by atoms with Crippen LogP contribution < -0.4 is 9.47 Å². The molecule has 1 aromatic carbocycles. The topological polar surface area (TPSA) is 85.6 Å². The molecule has 1 fully saturated rings. The lowest BCUT2D eigenvalue weighted by Gasteiger charge is -2.28. The van der Waals surface area contributed by atoms with Crippen LogP contribution in [0.25, 0.3) is 0 Å². The second-order valence-corrected chi connectivity index (χ2v) is 7.81. The molecule has 1 unspecified atom stereocenters. The van der Waals surface area contributed by atoms with Gasteiger partial charge >= 0.3 is 0 Å². The number of ether oxygens (including phenoxy) is 2. The van der Waals surface area contributed by atoms with Crippen molar-refractivity contribution in [3.05, 3.63) is 23.8 Å².